The second kappa shape index (κ2) is 6.71. The van der Waals surface area contributed by atoms with Gasteiger partial charge >= 0.3 is 0 Å². The Kier molecular flexibility index (Phi) is 4.48. The van der Waals surface area contributed by atoms with E-state index in [-0.39, 0.29) is 18.1 Å². The molecule has 0 spiro atoms. The minimum Gasteiger partial charge on any atom is -0.326 e. The highest BCUT2D eigenvalue weighted by Crippen LogP contribution is 2.23. The molecule has 1 N–H and O–H groups in total. The van der Waals surface area contributed by atoms with Gasteiger partial charge in [-0.25, -0.2) is 9.37 Å². The van der Waals surface area contributed by atoms with E-state index in [1.54, 1.807) is 13.0 Å². The maximum absolute atomic E-state index is 13.1. The lowest BCUT2D eigenvalue weighted by Gasteiger charge is -2.07. The number of aromatic nitrogens is 1. The molecule has 23 heavy (non-hydrogen) atoms. The molecule has 0 saturated carbocycles. The molecule has 3 aromatic rings. The topological polar surface area (TPSA) is 42.0 Å². The summed E-state index contributed by atoms with van der Waals surface area (Å²) in [5.74, 6) is -0.475. The molecule has 2 aromatic carbocycles. The maximum Gasteiger partial charge on any atom is 0.230 e. The standard InChI is InChI=1S/C18H15FN2OS/c1-12-9-14(19)7-8-16(12)21-17(22)10-15-11-23-18(20-15)13-5-3-2-4-6-13/h2-9,11H,10H2,1H3,(H,21,22). The number of aryl methyl sites for hydroxylation is 1. The van der Waals surface area contributed by atoms with E-state index in [1.807, 2.05) is 35.7 Å². The molecular formula is C18H15FN2OS. The number of amides is 1. The predicted octanol–water partition coefficient (Wildman–Crippen LogP) is 4.44. The van der Waals surface area contributed by atoms with Gasteiger partial charge in [0.25, 0.3) is 0 Å². The lowest BCUT2D eigenvalue weighted by molar-refractivity contribution is -0.115. The van der Waals surface area contributed by atoms with Gasteiger partial charge in [0, 0.05) is 16.6 Å². The fraction of sp³-hybridized carbons (Fsp3) is 0.111. The molecule has 0 aliphatic carbocycles. The van der Waals surface area contributed by atoms with Crippen LogP contribution in [0.2, 0.25) is 0 Å². The van der Waals surface area contributed by atoms with Crippen LogP contribution in [0.3, 0.4) is 0 Å². The number of hydrogen-bond acceptors (Lipinski definition) is 3. The van der Waals surface area contributed by atoms with Gasteiger partial charge in [0.1, 0.15) is 10.8 Å². The lowest BCUT2D eigenvalue weighted by Crippen LogP contribution is -2.15. The van der Waals surface area contributed by atoms with E-state index in [2.05, 4.69) is 10.3 Å². The van der Waals surface area contributed by atoms with Crippen molar-refractivity contribution in [1.82, 2.24) is 4.98 Å². The number of benzene rings is 2. The number of carbonyl (C=O) groups excluding carboxylic acids is 1. The Hall–Kier alpha value is -2.53. The third kappa shape index (κ3) is 3.81. The predicted molar refractivity (Wildman–Crippen MR) is 91.0 cm³/mol. The van der Waals surface area contributed by atoms with Crippen LogP contribution in [0, 0.1) is 12.7 Å². The van der Waals surface area contributed by atoms with Crippen molar-refractivity contribution < 1.29 is 9.18 Å². The van der Waals surface area contributed by atoms with Gasteiger partial charge in [-0.05, 0) is 30.7 Å². The zero-order valence-corrected chi connectivity index (χ0v) is 13.4. The van der Waals surface area contributed by atoms with Gasteiger partial charge in [0.05, 0.1) is 12.1 Å². The van der Waals surface area contributed by atoms with Crippen LogP contribution in [0.15, 0.2) is 53.9 Å². The number of rotatable bonds is 4. The normalized spacial score (nSPS) is 10.5. The Morgan fingerprint density at radius 1 is 1.22 bits per heavy atom. The van der Waals surface area contributed by atoms with Crippen LogP contribution in [0.1, 0.15) is 11.3 Å². The molecule has 0 saturated heterocycles. The fourth-order valence-electron chi connectivity index (χ4n) is 2.23. The molecule has 0 unspecified atom stereocenters. The summed E-state index contributed by atoms with van der Waals surface area (Å²) in [5, 5.41) is 5.58. The number of carbonyl (C=O) groups is 1. The maximum atomic E-state index is 13.1. The molecule has 1 heterocycles. The SMILES string of the molecule is Cc1cc(F)ccc1NC(=O)Cc1csc(-c2ccccc2)n1. The number of nitrogens with one attached hydrogen (secondary N) is 1. The van der Waals surface area contributed by atoms with Crippen LogP contribution in [0.5, 0.6) is 0 Å². The van der Waals surface area contributed by atoms with Crippen molar-refractivity contribution in [3.05, 3.63) is 71.0 Å². The van der Waals surface area contributed by atoms with E-state index in [0.717, 1.165) is 16.3 Å². The summed E-state index contributed by atoms with van der Waals surface area (Å²) in [6.45, 7) is 1.76. The van der Waals surface area contributed by atoms with Gasteiger partial charge in [0.2, 0.25) is 5.91 Å². The van der Waals surface area contributed by atoms with Crippen molar-refractivity contribution in [1.29, 1.82) is 0 Å². The summed E-state index contributed by atoms with van der Waals surface area (Å²) >= 11 is 1.52. The largest absolute Gasteiger partial charge is 0.326 e. The second-order valence-electron chi connectivity index (χ2n) is 5.19. The zero-order chi connectivity index (χ0) is 16.2. The minimum atomic E-state index is -0.312. The molecule has 0 atom stereocenters. The monoisotopic (exact) mass is 326 g/mol. The average Bonchev–Trinajstić information content (AvgIpc) is 2.99. The summed E-state index contributed by atoms with van der Waals surface area (Å²) in [6.07, 6.45) is 0.195. The molecule has 1 amide bonds. The van der Waals surface area contributed by atoms with Crippen LogP contribution in [0.25, 0.3) is 10.6 Å². The van der Waals surface area contributed by atoms with Gasteiger partial charge in [-0.2, -0.15) is 0 Å². The molecular weight excluding hydrogens is 311 g/mol. The van der Waals surface area contributed by atoms with Crippen molar-refractivity contribution >= 4 is 22.9 Å². The summed E-state index contributed by atoms with van der Waals surface area (Å²) < 4.78 is 13.1. The highest BCUT2D eigenvalue weighted by Gasteiger charge is 2.10. The van der Waals surface area contributed by atoms with Crippen molar-refractivity contribution in [3.8, 4) is 10.6 Å². The van der Waals surface area contributed by atoms with Crippen LogP contribution in [-0.2, 0) is 11.2 Å². The van der Waals surface area contributed by atoms with Gasteiger partial charge < -0.3 is 5.32 Å². The summed E-state index contributed by atoms with van der Waals surface area (Å²) in [4.78, 5) is 16.6. The van der Waals surface area contributed by atoms with Crippen molar-refractivity contribution in [3.63, 3.8) is 0 Å². The first-order chi connectivity index (χ1) is 11.1. The number of hydrogen-bond donors (Lipinski definition) is 1. The van der Waals surface area contributed by atoms with Crippen LogP contribution >= 0.6 is 11.3 Å². The molecule has 3 nitrogen and oxygen atoms in total. The lowest BCUT2D eigenvalue weighted by atomic mass is 10.2. The Balaban J connectivity index is 1.68. The van der Waals surface area contributed by atoms with Gasteiger partial charge in [-0.3, -0.25) is 4.79 Å². The zero-order valence-electron chi connectivity index (χ0n) is 12.5. The first kappa shape index (κ1) is 15.4. The molecule has 5 heteroatoms. The van der Waals surface area contributed by atoms with E-state index in [1.165, 1.54) is 23.5 Å². The van der Waals surface area contributed by atoms with Gasteiger partial charge in [0.15, 0.2) is 0 Å². The Bertz CT molecular complexity index is 830. The van der Waals surface area contributed by atoms with Crippen LogP contribution in [-0.4, -0.2) is 10.9 Å². The quantitative estimate of drug-likeness (QED) is 0.770. The number of halogens is 1. The first-order valence-corrected chi connectivity index (χ1v) is 8.05. The minimum absolute atomic E-state index is 0.162. The summed E-state index contributed by atoms with van der Waals surface area (Å²) in [5.41, 5.74) is 3.08. The van der Waals surface area contributed by atoms with Crippen molar-refractivity contribution in [2.24, 2.45) is 0 Å². The highest BCUT2D eigenvalue weighted by atomic mass is 32.1. The highest BCUT2D eigenvalue weighted by molar-refractivity contribution is 7.13. The Morgan fingerprint density at radius 3 is 2.74 bits per heavy atom. The van der Waals surface area contributed by atoms with Gasteiger partial charge in [-0.15, -0.1) is 11.3 Å². The molecule has 116 valence electrons. The number of thiazole rings is 1. The van der Waals surface area contributed by atoms with Crippen molar-refractivity contribution in [2.75, 3.05) is 5.32 Å². The Morgan fingerprint density at radius 2 is 2.00 bits per heavy atom. The smallest absolute Gasteiger partial charge is 0.230 e. The van der Waals surface area contributed by atoms with E-state index in [9.17, 15) is 9.18 Å². The summed E-state index contributed by atoms with van der Waals surface area (Å²) in [6, 6.07) is 14.1. The molecule has 0 bridgehead atoms. The number of anilines is 1. The summed E-state index contributed by atoms with van der Waals surface area (Å²) in [7, 11) is 0. The third-order valence-corrected chi connectivity index (χ3v) is 4.32. The third-order valence-electron chi connectivity index (χ3n) is 3.38. The average molecular weight is 326 g/mol. The second-order valence-corrected chi connectivity index (χ2v) is 6.05. The molecule has 0 fully saturated rings. The van der Waals surface area contributed by atoms with Crippen LogP contribution < -0.4 is 5.32 Å². The number of nitrogens with zero attached hydrogens (tertiary/aromatic N) is 1. The first-order valence-electron chi connectivity index (χ1n) is 7.17. The van der Waals surface area contributed by atoms with E-state index in [4.69, 9.17) is 0 Å². The van der Waals surface area contributed by atoms with Crippen LogP contribution in [0.4, 0.5) is 10.1 Å². The molecule has 0 aliphatic rings. The van der Waals surface area contributed by atoms with Gasteiger partial charge in [-0.1, -0.05) is 30.3 Å². The molecule has 1 aromatic heterocycles. The fourth-order valence-corrected chi connectivity index (χ4v) is 3.05. The van der Waals surface area contributed by atoms with Crippen molar-refractivity contribution in [2.45, 2.75) is 13.3 Å². The molecule has 3 rings (SSSR count). The molecule has 0 radical (unpaired) electrons. The van der Waals surface area contributed by atoms with E-state index >= 15 is 0 Å². The Labute approximate surface area is 137 Å². The van der Waals surface area contributed by atoms with E-state index in [0.29, 0.717) is 11.3 Å². The molecule has 0 aliphatic heterocycles. The van der Waals surface area contributed by atoms with E-state index < -0.39 is 0 Å².